The van der Waals surface area contributed by atoms with Crippen molar-refractivity contribution in [1.29, 1.82) is 0 Å². The summed E-state index contributed by atoms with van der Waals surface area (Å²) in [5, 5.41) is -0.0581. The molecule has 11 heavy (non-hydrogen) atoms. The predicted octanol–water partition coefficient (Wildman–Crippen LogP) is 3.51. The third-order valence-corrected chi connectivity index (χ3v) is 2.45. The van der Waals surface area contributed by atoms with E-state index in [0.717, 1.165) is 5.56 Å². The Balaban J connectivity index is 2.81. The quantitative estimate of drug-likeness (QED) is 0.624. The maximum absolute atomic E-state index is 5.91. The van der Waals surface area contributed by atoms with E-state index in [1.807, 2.05) is 31.2 Å². The van der Waals surface area contributed by atoms with Gasteiger partial charge in [0, 0.05) is 5.88 Å². The van der Waals surface area contributed by atoms with Crippen LogP contribution in [0.2, 0.25) is 0 Å². The van der Waals surface area contributed by atoms with Crippen LogP contribution in [-0.4, -0.2) is 5.88 Å². The van der Waals surface area contributed by atoms with E-state index in [9.17, 15) is 0 Å². The molecular weight excluding hydrogens is 179 g/mol. The Bertz CT molecular complexity index is 216. The van der Waals surface area contributed by atoms with Crippen molar-refractivity contribution in [3.63, 3.8) is 0 Å². The van der Waals surface area contributed by atoms with Crippen molar-refractivity contribution >= 4 is 23.2 Å². The molecule has 0 aliphatic rings. The van der Waals surface area contributed by atoms with Crippen LogP contribution in [0.15, 0.2) is 24.3 Å². The van der Waals surface area contributed by atoms with E-state index < -0.39 is 0 Å². The minimum absolute atomic E-state index is 0.0581. The lowest BCUT2D eigenvalue weighted by Gasteiger charge is -2.04. The van der Waals surface area contributed by atoms with Gasteiger partial charge in [0.15, 0.2) is 0 Å². The molecule has 0 spiro atoms. The van der Waals surface area contributed by atoms with E-state index in [1.165, 1.54) is 5.56 Å². The summed E-state index contributed by atoms with van der Waals surface area (Å²) in [5.74, 6) is 0.463. The molecule has 0 unspecified atom stereocenters. The fraction of sp³-hybridized carbons (Fsp3) is 0.333. The van der Waals surface area contributed by atoms with Gasteiger partial charge in [-0.25, -0.2) is 0 Å². The van der Waals surface area contributed by atoms with Crippen LogP contribution in [0, 0.1) is 6.92 Å². The molecule has 0 N–H and O–H groups in total. The van der Waals surface area contributed by atoms with Gasteiger partial charge in [0.05, 0.1) is 5.38 Å². The van der Waals surface area contributed by atoms with Crippen LogP contribution in [0.25, 0.3) is 0 Å². The van der Waals surface area contributed by atoms with E-state index in [-0.39, 0.29) is 5.38 Å². The highest BCUT2D eigenvalue weighted by Gasteiger charge is 2.03. The van der Waals surface area contributed by atoms with Crippen LogP contribution in [0.4, 0.5) is 0 Å². The number of aryl methyl sites for hydroxylation is 1. The average molecular weight is 189 g/mol. The SMILES string of the molecule is Cc1ccc([C@@H](Cl)CCl)cc1. The first-order valence-electron chi connectivity index (χ1n) is 3.50. The van der Waals surface area contributed by atoms with Gasteiger partial charge in [-0.3, -0.25) is 0 Å². The molecule has 0 saturated heterocycles. The molecule has 0 heterocycles. The van der Waals surface area contributed by atoms with Crippen LogP contribution in [-0.2, 0) is 0 Å². The Morgan fingerprint density at radius 2 is 1.82 bits per heavy atom. The minimum atomic E-state index is -0.0581. The van der Waals surface area contributed by atoms with Gasteiger partial charge in [-0.15, -0.1) is 23.2 Å². The number of hydrogen-bond donors (Lipinski definition) is 0. The average Bonchev–Trinajstić information content (AvgIpc) is 2.05. The number of benzene rings is 1. The maximum atomic E-state index is 5.91. The highest BCUT2D eigenvalue weighted by atomic mass is 35.5. The molecular formula is C9H10Cl2. The van der Waals surface area contributed by atoms with E-state index in [4.69, 9.17) is 23.2 Å². The number of rotatable bonds is 2. The monoisotopic (exact) mass is 188 g/mol. The summed E-state index contributed by atoms with van der Waals surface area (Å²) in [4.78, 5) is 0. The second-order valence-corrected chi connectivity index (χ2v) is 3.37. The lowest BCUT2D eigenvalue weighted by molar-refractivity contribution is 1.09. The molecule has 0 nitrogen and oxygen atoms in total. The van der Waals surface area contributed by atoms with Crippen molar-refractivity contribution in [1.82, 2.24) is 0 Å². The Morgan fingerprint density at radius 1 is 1.27 bits per heavy atom. The lowest BCUT2D eigenvalue weighted by Crippen LogP contribution is -1.90. The van der Waals surface area contributed by atoms with Crippen LogP contribution < -0.4 is 0 Å². The van der Waals surface area contributed by atoms with Gasteiger partial charge < -0.3 is 0 Å². The summed E-state index contributed by atoms with van der Waals surface area (Å²) < 4.78 is 0. The standard InChI is InChI=1S/C9H10Cl2/c1-7-2-4-8(5-3-7)9(11)6-10/h2-5,9H,6H2,1H3/t9-/m0/s1. The molecule has 0 radical (unpaired) electrons. The zero-order valence-electron chi connectivity index (χ0n) is 6.35. The molecule has 0 saturated carbocycles. The fourth-order valence-corrected chi connectivity index (χ4v) is 1.19. The first kappa shape index (κ1) is 8.89. The highest BCUT2D eigenvalue weighted by Crippen LogP contribution is 2.21. The van der Waals surface area contributed by atoms with Crippen molar-refractivity contribution in [2.45, 2.75) is 12.3 Å². The predicted molar refractivity (Wildman–Crippen MR) is 50.5 cm³/mol. The Labute approximate surface area is 77.1 Å². The van der Waals surface area contributed by atoms with E-state index in [2.05, 4.69) is 0 Å². The Hall–Kier alpha value is -0.200. The Morgan fingerprint density at radius 3 is 2.27 bits per heavy atom. The van der Waals surface area contributed by atoms with E-state index in [1.54, 1.807) is 0 Å². The lowest BCUT2D eigenvalue weighted by atomic mass is 10.1. The third-order valence-electron chi connectivity index (χ3n) is 1.57. The molecule has 0 aliphatic carbocycles. The molecule has 1 aromatic carbocycles. The topological polar surface area (TPSA) is 0 Å². The maximum Gasteiger partial charge on any atom is 0.0720 e. The molecule has 2 heteroatoms. The summed E-state index contributed by atoms with van der Waals surface area (Å²) in [6.45, 7) is 2.05. The second kappa shape index (κ2) is 3.99. The summed E-state index contributed by atoms with van der Waals surface area (Å²) >= 11 is 11.5. The number of halogens is 2. The normalized spacial score (nSPS) is 13.0. The summed E-state index contributed by atoms with van der Waals surface area (Å²) in [6, 6.07) is 8.10. The zero-order valence-corrected chi connectivity index (χ0v) is 7.86. The highest BCUT2D eigenvalue weighted by molar-refractivity contribution is 6.28. The van der Waals surface area contributed by atoms with Gasteiger partial charge in [0.25, 0.3) is 0 Å². The summed E-state index contributed by atoms with van der Waals surface area (Å²) in [5.41, 5.74) is 2.33. The fourth-order valence-electron chi connectivity index (χ4n) is 0.864. The van der Waals surface area contributed by atoms with Crippen LogP contribution in [0.5, 0.6) is 0 Å². The molecule has 0 amide bonds. The third kappa shape index (κ3) is 2.39. The van der Waals surface area contributed by atoms with Crippen LogP contribution >= 0.6 is 23.2 Å². The molecule has 0 bridgehead atoms. The Kier molecular flexibility index (Phi) is 3.22. The van der Waals surface area contributed by atoms with Crippen LogP contribution in [0.1, 0.15) is 16.5 Å². The van der Waals surface area contributed by atoms with Gasteiger partial charge in [0.2, 0.25) is 0 Å². The molecule has 60 valence electrons. The van der Waals surface area contributed by atoms with E-state index in [0.29, 0.717) is 5.88 Å². The summed E-state index contributed by atoms with van der Waals surface area (Å²) in [7, 11) is 0. The van der Waals surface area contributed by atoms with Gasteiger partial charge in [-0.1, -0.05) is 29.8 Å². The zero-order chi connectivity index (χ0) is 8.27. The minimum Gasteiger partial charge on any atom is -0.125 e. The number of alkyl halides is 2. The van der Waals surface area contributed by atoms with Gasteiger partial charge in [-0.2, -0.15) is 0 Å². The first-order valence-corrected chi connectivity index (χ1v) is 4.47. The largest absolute Gasteiger partial charge is 0.125 e. The van der Waals surface area contributed by atoms with Gasteiger partial charge in [-0.05, 0) is 12.5 Å². The van der Waals surface area contributed by atoms with Crippen molar-refractivity contribution < 1.29 is 0 Å². The second-order valence-electron chi connectivity index (χ2n) is 2.53. The molecule has 1 rings (SSSR count). The van der Waals surface area contributed by atoms with Gasteiger partial charge >= 0.3 is 0 Å². The molecule has 0 aliphatic heterocycles. The smallest absolute Gasteiger partial charge is 0.0720 e. The molecule has 1 aromatic rings. The molecule has 1 atom stereocenters. The molecule has 0 fully saturated rings. The van der Waals surface area contributed by atoms with Crippen molar-refractivity contribution in [3.05, 3.63) is 35.4 Å². The van der Waals surface area contributed by atoms with Crippen molar-refractivity contribution in [2.75, 3.05) is 5.88 Å². The van der Waals surface area contributed by atoms with Crippen molar-refractivity contribution in [2.24, 2.45) is 0 Å². The first-order chi connectivity index (χ1) is 5.24. The van der Waals surface area contributed by atoms with Crippen molar-refractivity contribution in [3.8, 4) is 0 Å². The number of hydrogen-bond acceptors (Lipinski definition) is 0. The van der Waals surface area contributed by atoms with Gasteiger partial charge in [0.1, 0.15) is 0 Å². The summed E-state index contributed by atoms with van der Waals surface area (Å²) in [6.07, 6.45) is 0. The van der Waals surface area contributed by atoms with Crippen LogP contribution in [0.3, 0.4) is 0 Å². The van der Waals surface area contributed by atoms with E-state index >= 15 is 0 Å². The molecule has 0 aromatic heterocycles.